The van der Waals surface area contributed by atoms with Gasteiger partial charge in [0.05, 0.1) is 6.61 Å². The van der Waals surface area contributed by atoms with Crippen LogP contribution < -0.4 is 5.32 Å². The lowest BCUT2D eigenvalue weighted by molar-refractivity contribution is -0.147. The Bertz CT molecular complexity index is 456. The van der Waals surface area contributed by atoms with E-state index in [1.54, 1.807) is 24.3 Å². The monoisotopic (exact) mass is 293 g/mol. The normalized spacial score (nSPS) is 11.7. The molecule has 0 aliphatic carbocycles. The molecule has 5 heteroatoms. The van der Waals surface area contributed by atoms with E-state index in [-0.39, 0.29) is 11.7 Å². The van der Waals surface area contributed by atoms with Gasteiger partial charge in [0.15, 0.2) is 0 Å². The van der Waals surface area contributed by atoms with Crippen molar-refractivity contribution in [3.05, 3.63) is 29.8 Å². The SMILES string of the molecule is CCCCCOC(=O)[C@H](Cc1ccc(O)cc1)NC(C)=O. The summed E-state index contributed by atoms with van der Waals surface area (Å²) in [6.45, 7) is 3.82. The predicted octanol–water partition coefficient (Wildman–Crippen LogP) is 2.17. The summed E-state index contributed by atoms with van der Waals surface area (Å²) in [7, 11) is 0. The van der Waals surface area contributed by atoms with Gasteiger partial charge < -0.3 is 15.2 Å². The van der Waals surface area contributed by atoms with Crippen LogP contribution in [0, 0.1) is 0 Å². The van der Waals surface area contributed by atoms with Gasteiger partial charge in [-0.2, -0.15) is 0 Å². The minimum absolute atomic E-state index is 0.164. The number of esters is 1. The Kier molecular flexibility index (Phi) is 7.29. The fourth-order valence-corrected chi connectivity index (χ4v) is 1.93. The number of rotatable bonds is 8. The second-order valence-corrected chi connectivity index (χ2v) is 5.00. The quantitative estimate of drug-likeness (QED) is 0.569. The molecule has 0 heterocycles. The van der Waals surface area contributed by atoms with Crippen LogP contribution >= 0.6 is 0 Å². The van der Waals surface area contributed by atoms with Crippen LogP contribution in [0.2, 0.25) is 0 Å². The number of amides is 1. The number of phenols is 1. The maximum absolute atomic E-state index is 12.0. The number of carbonyl (C=O) groups is 2. The number of phenolic OH excluding ortho intramolecular Hbond substituents is 1. The predicted molar refractivity (Wildman–Crippen MR) is 79.9 cm³/mol. The number of nitrogens with one attached hydrogen (secondary N) is 1. The summed E-state index contributed by atoms with van der Waals surface area (Å²) in [5.74, 6) is -0.532. The summed E-state index contributed by atoms with van der Waals surface area (Å²) in [6.07, 6.45) is 3.23. The molecule has 0 spiro atoms. The first kappa shape index (κ1) is 17.0. The summed E-state index contributed by atoms with van der Waals surface area (Å²) >= 11 is 0. The molecule has 0 bridgehead atoms. The summed E-state index contributed by atoms with van der Waals surface area (Å²) in [6, 6.07) is 5.83. The zero-order chi connectivity index (χ0) is 15.7. The van der Waals surface area contributed by atoms with Gasteiger partial charge in [-0.25, -0.2) is 4.79 Å². The Morgan fingerprint density at radius 3 is 2.48 bits per heavy atom. The Hall–Kier alpha value is -2.04. The molecule has 0 fully saturated rings. The van der Waals surface area contributed by atoms with Gasteiger partial charge in [-0.1, -0.05) is 31.9 Å². The highest BCUT2D eigenvalue weighted by Gasteiger charge is 2.21. The van der Waals surface area contributed by atoms with E-state index < -0.39 is 12.0 Å². The number of ether oxygens (including phenoxy) is 1. The van der Waals surface area contributed by atoms with Crippen LogP contribution in [0.4, 0.5) is 0 Å². The van der Waals surface area contributed by atoms with Crippen LogP contribution in [0.15, 0.2) is 24.3 Å². The molecule has 1 rings (SSSR count). The molecule has 1 aromatic carbocycles. The van der Waals surface area contributed by atoms with Crippen molar-refractivity contribution in [2.24, 2.45) is 0 Å². The second-order valence-electron chi connectivity index (χ2n) is 5.00. The van der Waals surface area contributed by atoms with Gasteiger partial charge in [-0.3, -0.25) is 4.79 Å². The molecular weight excluding hydrogens is 270 g/mol. The highest BCUT2D eigenvalue weighted by molar-refractivity contribution is 5.83. The molecule has 0 aliphatic heterocycles. The van der Waals surface area contributed by atoms with Crippen molar-refractivity contribution >= 4 is 11.9 Å². The number of hydrogen-bond acceptors (Lipinski definition) is 4. The van der Waals surface area contributed by atoms with Gasteiger partial charge in [0.1, 0.15) is 11.8 Å². The van der Waals surface area contributed by atoms with E-state index in [1.165, 1.54) is 6.92 Å². The van der Waals surface area contributed by atoms with Crippen molar-refractivity contribution in [1.29, 1.82) is 0 Å². The van der Waals surface area contributed by atoms with Crippen LogP contribution in [0.3, 0.4) is 0 Å². The molecule has 0 radical (unpaired) electrons. The molecular formula is C16H23NO4. The van der Waals surface area contributed by atoms with E-state index in [0.717, 1.165) is 24.8 Å². The lowest BCUT2D eigenvalue weighted by Gasteiger charge is -2.17. The van der Waals surface area contributed by atoms with E-state index >= 15 is 0 Å². The van der Waals surface area contributed by atoms with Gasteiger partial charge in [0, 0.05) is 13.3 Å². The zero-order valence-corrected chi connectivity index (χ0v) is 12.6. The molecule has 0 saturated carbocycles. The number of hydrogen-bond donors (Lipinski definition) is 2. The van der Waals surface area contributed by atoms with E-state index in [0.29, 0.717) is 13.0 Å². The van der Waals surface area contributed by atoms with Crippen molar-refractivity contribution in [3.63, 3.8) is 0 Å². The first-order valence-corrected chi connectivity index (χ1v) is 7.24. The zero-order valence-electron chi connectivity index (χ0n) is 12.6. The minimum atomic E-state index is -0.700. The number of aromatic hydroxyl groups is 1. The average Bonchev–Trinajstić information content (AvgIpc) is 2.44. The Labute approximate surface area is 125 Å². The molecule has 0 aromatic heterocycles. The van der Waals surface area contributed by atoms with Crippen LogP contribution in [-0.4, -0.2) is 29.6 Å². The summed E-state index contributed by atoms with van der Waals surface area (Å²) in [4.78, 5) is 23.2. The molecule has 0 aliphatic rings. The lowest BCUT2D eigenvalue weighted by atomic mass is 10.1. The highest BCUT2D eigenvalue weighted by atomic mass is 16.5. The van der Waals surface area contributed by atoms with E-state index in [9.17, 15) is 14.7 Å². The maximum Gasteiger partial charge on any atom is 0.328 e. The van der Waals surface area contributed by atoms with Gasteiger partial charge >= 0.3 is 5.97 Å². The highest BCUT2D eigenvalue weighted by Crippen LogP contribution is 2.12. The Balaban J connectivity index is 2.59. The fraction of sp³-hybridized carbons (Fsp3) is 0.500. The third kappa shape index (κ3) is 6.79. The van der Waals surface area contributed by atoms with Crippen molar-refractivity contribution in [3.8, 4) is 5.75 Å². The standard InChI is InChI=1S/C16H23NO4/c1-3-4-5-10-21-16(20)15(17-12(2)18)11-13-6-8-14(19)9-7-13/h6-9,15,19H,3-5,10-11H2,1-2H3,(H,17,18)/t15-/m0/s1. The van der Waals surface area contributed by atoms with Crippen molar-refractivity contribution in [2.45, 2.75) is 45.6 Å². The number of unbranched alkanes of at least 4 members (excludes halogenated alkanes) is 2. The van der Waals surface area contributed by atoms with Crippen LogP contribution in [0.1, 0.15) is 38.7 Å². The lowest BCUT2D eigenvalue weighted by Crippen LogP contribution is -2.42. The number of carbonyl (C=O) groups excluding carboxylic acids is 2. The Morgan fingerprint density at radius 1 is 1.24 bits per heavy atom. The molecule has 0 saturated heterocycles. The van der Waals surface area contributed by atoms with Gasteiger partial charge in [-0.05, 0) is 24.1 Å². The molecule has 1 atom stereocenters. The molecule has 1 amide bonds. The van der Waals surface area contributed by atoms with Crippen LogP contribution in [0.5, 0.6) is 5.75 Å². The first-order chi connectivity index (χ1) is 10.0. The molecule has 21 heavy (non-hydrogen) atoms. The third-order valence-corrected chi connectivity index (χ3v) is 3.03. The van der Waals surface area contributed by atoms with E-state index in [4.69, 9.17) is 4.74 Å². The minimum Gasteiger partial charge on any atom is -0.508 e. The first-order valence-electron chi connectivity index (χ1n) is 7.24. The molecule has 1 aromatic rings. The van der Waals surface area contributed by atoms with Gasteiger partial charge in [0.2, 0.25) is 5.91 Å². The average molecular weight is 293 g/mol. The molecule has 0 unspecified atom stereocenters. The number of benzene rings is 1. The summed E-state index contributed by atoms with van der Waals surface area (Å²) in [5.41, 5.74) is 0.844. The summed E-state index contributed by atoms with van der Waals surface area (Å²) < 4.78 is 5.20. The molecule has 116 valence electrons. The fourth-order valence-electron chi connectivity index (χ4n) is 1.93. The summed E-state index contributed by atoms with van der Waals surface area (Å²) in [5, 5.41) is 11.9. The van der Waals surface area contributed by atoms with E-state index in [2.05, 4.69) is 12.2 Å². The smallest absolute Gasteiger partial charge is 0.328 e. The van der Waals surface area contributed by atoms with Gasteiger partial charge in [-0.15, -0.1) is 0 Å². The maximum atomic E-state index is 12.0. The molecule has 5 nitrogen and oxygen atoms in total. The van der Waals surface area contributed by atoms with Gasteiger partial charge in [0.25, 0.3) is 0 Å². The van der Waals surface area contributed by atoms with Crippen molar-refractivity contribution < 1.29 is 19.4 Å². The van der Waals surface area contributed by atoms with Crippen molar-refractivity contribution in [2.75, 3.05) is 6.61 Å². The second kappa shape index (κ2) is 9.00. The topological polar surface area (TPSA) is 75.6 Å². The third-order valence-electron chi connectivity index (χ3n) is 3.03. The van der Waals surface area contributed by atoms with E-state index in [1.807, 2.05) is 0 Å². The van der Waals surface area contributed by atoms with Crippen LogP contribution in [0.25, 0.3) is 0 Å². The van der Waals surface area contributed by atoms with Crippen LogP contribution in [-0.2, 0) is 20.7 Å². The largest absolute Gasteiger partial charge is 0.508 e. The Morgan fingerprint density at radius 2 is 1.90 bits per heavy atom. The van der Waals surface area contributed by atoms with Crippen molar-refractivity contribution in [1.82, 2.24) is 5.32 Å². The molecule has 2 N–H and O–H groups in total.